The predicted octanol–water partition coefficient (Wildman–Crippen LogP) is 3.42. The highest BCUT2D eigenvalue weighted by atomic mass is 31.1. The van der Waals surface area contributed by atoms with Gasteiger partial charge < -0.3 is 9.47 Å². The van der Waals surface area contributed by atoms with Gasteiger partial charge in [-0.15, -0.1) is 0 Å². The summed E-state index contributed by atoms with van der Waals surface area (Å²) in [4.78, 5) is 4.90. The van der Waals surface area contributed by atoms with Crippen LogP contribution in [0.3, 0.4) is 0 Å². The lowest BCUT2D eigenvalue weighted by Gasteiger charge is -2.19. The molecule has 0 radical (unpaired) electrons. The average molecular weight is 351 g/mol. The molecule has 0 saturated carbocycles. The van der Waals surface area contributed by atoms with E-state index in [9.17, 15) is 0 Å². The van der Waals surface area contributed by atoms with E-state index in [4.69, 9.17) is 14.5 Å². The van der Waals surface area contributed by atoms with E-state index < -0.39 is 7.92 Å². The van der Waals surface area contributed by atoms with Crippen LogP contribution in [0.1, 0.15) is 12.6 Å². The summed E-state index contributed by atoms with van der Waals surface area (Å²) in [6.45, 7) is 2.13. The van der Waals surface area contributed by atoms with Crippen LogP contribution in [0.2, 0.25) is 0 Å². The van der Waals surface area contributed by atoms with Crippen LogP contribution in [0.5, 0.6) is 11.5 Å². The summed E-state index contributed by atoms with van der Waals surface area (Å²) < 4.78 is 10.6. The zero-order chi connectivity index (χ0) is 17.6. The molecule has 0 N–H and O–H groups in total. The second-order valence-corrected chi connectivity index (χ2v) is 7.73. The minimum Gasteiger partial charge on any atom is -0.497 e. The SMILES string of the molecule is CCc1cccc(P(c2ccc(OC)cc2)c2ccc(OC)cc2)n1. The summed E-state index contributed by atoms with van der Waals surface area (Å²) in [5.41, 5.74) is 2.23. The number of hydrogen-bond donors (Lipinski definition) is 0. The van der Waals surface area contributed by atoms with Gasteiger partial charge in [0.05, 0.1) is 19.7 Å². The van der Waals surface area contributed by atoms with Crippen LogP contribution < -0.4 is 25.5 Å². The first-order valence-corrected chi connectivity index (χ1v) is 9.63. The zero-order valence-corrected chi connectivity index (χ0v) is 15.7. The van der Waals surface area contributed by atoms with Gasteiger partial charge in [0.1, 0.15) is 11.5 Å². The molecular weight excluding hydrogens is 329 g/mol. The number of pyridine rings is 1. The molecular formula is C21H22NO2P. The van der Waals surface area contributed by atoms with E-state index in [2.05, 4.69) is 49.4 Å². The quantitative estimate of drug-likeness (QED) is 0.638. The molecule has 3 rings (SSSR count). The number of hydrogen-bond acceptors (Lipinski definition) is 3. The van der Waals surface area contributed by atoms with Gasteiger partial charge in [-0.05, 0) is 53.4 Å². The first-order chi connectivity index (χ1) is 12.2. The lowest BCUT2D eigenvalue weighted by atomic mass is 10.3. The van der Waals surface area contributed by atoms with Gasteiger partial charge in [0.25, 0.3) is 0 Å². The molecule has 3 nitrogen and oxygen atoms in total. The Morgan fingerprint density at radius 3 is 1.72 bits per heavy atom. The van der Waals surface area contributed by atoms with E-state index in [1.165, 1.54) is 10.6 Å². The predicted molar refractivity (Wildman–Crippen MR) is 105 cm³/mol. The molecule has 1 aromatic heterocycles. The Morgan fingerprint density at radius 1 is 0.760 bits per heavy atom. The van der Waals surface area contributed by atoms with Crippen LogP contribution in [-0.2, 0) is 6.42 Å². The molecule has 0 unspecified atom stereocenters. The Balaban J connectivity index is 2.08. The monoisotopic (exact) mass is 351 g/mol. The van der Waals surface area contributed by atoms with Crippen molar-refractivity contribution < 1.29 is 9.47 Å². The number of benzene rings is 2. The molecule has 25 heavy (non-hydrogen) atoms. The molecule has 0 aliphatic rings. The maximum absolute atomic E-state index is 5.30. The Morgan fingerprint density at radius 2 is 1.28 bits per heavy atom. The maximum Gasteiger partial charge on any atom is 0.118 e. The van der Waals surface area contributed by atoms with E-state index in [1.807, 2.05) is 24.3 Å². The number of nitrogens with zero attached hydrogens (tertiary/aromatic N) is 1. The van der Waals surface area contributed by atoms with Gasteiger partial charge in [0, 0.05) is 13.6 Å². The Bertz CT molecular complexity index is 769. The summed E-state index contributed by atoms with van der Waals surface area (Å²) in [5, 5.41) is 2.50. The number of methoxy groups -OCH3 is 2. The minimum absolute atomic E-state index is 0.725. The lowest BCUT2D eigenvalue weighted by molar-refractivity contribution is 0.415. The molecule has 1 heterocycles. The van der Waals surface area contributed by atoms with E-state index in [1.54, 1.807) is 14.2 Å². The van der Waals surface area contributed by atoms with Crippen molar-refractivity contribution in [3.8, 4) is 11.5 Å². The molecule has 3 aromatic rings. The maximum atomic E-state index is 5.30. The third kappa shape index (κ3) is 4.00. The number of rotatable bonds is 6. The fourth-order valence-electron chi connectivity index (χ4n) is 2.66. The van der Waals surface area contributed by atoms with Crippen LogP contribution >= 0.6 is 7.92 Å². The van der Waals surface area contributed by atoms with Crippen molar-refractivity contribution in [2.24, 2.45) is 0 Å². The van der Waals surface area contributed by atoms with E-state index in [0.29, 0.717) is 0 Å². The Kier molecular flexibility index (Phi) is 5.67. The molecule has 2 aromatic carbocycles. The standard InChI is InChI=1S/C21H22NO2P/c1-4-16-6-5-7-21(22-16)25(19-12-8-17(23-2)9-13-19)20-14-10-18(24-3)11-15-20/h5-15H,4H2,1-3H3. The van der Waals surface area contributed by atoms with Crippen molar-refractivity contribution in [3.05, 3.63) is 72.4 Å². The molecule has 0 spiro atoms. The molecule has 0 aliphatic heterocycles. The van der Waals surface area contributed by atoms with Crippen molar-refractivity contribution in [2.45, 2.75) is 13.3 Å². The first-order valence-electron chi connectivity index (χ1n) is 8.29. The molecule has 0 saturated heterocycles. The third-order valence-corrected chi connectivity index (χ3v) is 6.38. The smallest absolute Gasteiger partial charge is 0.118 e. The first kappa shape index (κ1) is 17.4. The van der Waals surface area contributed by atoms with Crippen LogP contribution in [0.25, 0.3) is 0 Å². The molecule has 4 heteroatoms. The van der Waals surface area contributed by atoms with E-state index >= 15 is 0 Å². The highest BCUT2D eigenvalue weighted by Gasteiger charge is 2.18. The van der Waals surface area contributed by atoms with Crippen LogP contribution in [0, 0.1) is 0 Å². The van der Waals surface area contributed by atoms with E-state index in [-0.39, 0.29) is 0 Å². The topological polar surface area (TPSA) is 31.4 Å². The Hall–Kier alpha value is -2.38. The summed E-state index contributed by atoms with van der Waals surface area (Å²) in [7, 11) is 2.65. The summed E-state index contributed by atoms with van der Waals surface area (Å²) in [5.74, 6) is 1.73. The molecule has 0 aliphatic carbocycles. The average Bonchev–Trinajstić information content (AvgIpc) is 2.69. The minimum atomic E-state index is -0.725. The van der Waals surface area contributed by atoms with Crippen molar-refractivity contribution in [1.82, 2.24) is 4.98 Å². The van der Waals surface area contributed by atoms with Gasteiger partial charge in [-0.3, -0.25) is 4.98 Å². The second kappa shape index (κ2) is 8.13. The molecule has 0 amide bonds. The summed E-state index contributed by atoms with van der Waals surface area (Å²) >= 11 is 0. The van der Waals surface area contributed by atoms with Gasteiger partial charge in [-0.2, -0.15) is 0 Å². The van der Waals surface area contributed by atoms with Crippen molar-refractivity contribution in [1.29, 1.82) is 0 Å². The third-order valence-electron chi connectivity index (χ3n) is 4.04. The fraction of sp³-hybridized carbons (Fsp3) is 0.190. The van der Waals surface area contributed by atoms with Crippen LogP contribution in [0.15, 0.2) is 66.7 Å². The van der Waals surface area contributed by atoms with Crippen LogP contribution in [-0.4, -0.2) is 19.2 Å². The summed E-state index contributed by atoms with van der Waals surface area (Å²) in [6, 6.07) is 22.9. The van der Waals surface area contributed by atoms with Crippen molar-refractivity contribution in [3.63, 3.8) is 0 Å². The van der Waals surface area contributed by atoms with Gasteiger partial charge in [-0.25, -0.2) is 0 Å². The summed E-state index contributed by atoms with van der Waals surface area (Å²) in [6.07, 6.45) is 0.933. The number of aryl methyl sites for hydroxylation is 1. The van der Waals surface area contributed by atoms with E-state index in [0.717, 1.165) is 29.0 Å². The Labute approximate surface area is 150 Å². The van der Waals surface area contributed by atoms with Gasteiger partial charge in [0.15, 0.2) is 0 Å². The number of ether oxygens (including phenoxy) is 2. The number of aromatic nitrogens is 1. The lowest BCUT2D eigenvalue weighted by Crippen LogP contribution is -2.23. The highest BCUT2D eigenvalue weighted by Crippen LogP contribution is 2.33. The van der Waals surface area contributed by atoms with Gasteiger partial charge in [0.2, 0.25) is 0 Å². The second-order valence-electron chi connectivity index (χ2n) is 5.57. The fourth-order valence-corrected chi connectivity index (χ4v) is 4.85. The van der Waals surface area contributed by atoms with Crippen molar-refractivity contribution in [2.75, 3.05) is 14.2 Å². The van der Waals surface area contributed by atoms with Crippen molar-refractivity contribution >= 4 is 24.0 Å². The molecule has 0 atom stereocenters. The molecule has 0 fully saturated rings. The van der Waals surface area contributed by atoms with Gasteiger partial charge >= 0.3 is 0 Å². The largest absolute Gasteiger partial charge is 0.497 e. The molecule has 128 valence electrons. The van der Waals surface area contributed by atoms with Crippen LogP contribution in [0.4, 0.5) is 0 Å². The molecule has 0 bridgehead atoms. The zero-order valence-electron chi connectivity index (χ0n) is 14.8. The normalized spacial score (nSPS) is 10.7. The highest BCUT2D eigenvalue weighted by molar-refractivity contribution is 7.79. The van der Waals surface area contributed by atoms with Gasteiger partial charge in [-0.1, -0.05) is 37.3 Å².